The third-order valence-electron chi connectivity index (χ3n) is 2.08. The Bertz CT molecular complexity index is 193. The summed E-state index contributed by atoms with van der Waals surface area (Å²) in [6, 6.07) is 0. The molecule has 0 bridgehead atoms. The van der Waals surface area contributed by atoms with E-state index in [1.807, 2.05) is 12.2 Å². The minimum absolute atomic E-state index is 0.241. The molecule has 1 heterocycles. The molecule has 1 aliphatic heterocycles. The first-order chi connectivity index (χ1) is 4.88. The monoisotopic (exact) mass is 138 g/mol. The number of allylic oxidation sites excluding steroid dienone is 3. The number of hydrogen-bond acceptors (Lipinski definition) is 2. The molecule has 0 aromatic carbocycles. The zero-order valence-electron chi connectivity index (χ0n) is 5.66. The molecular weight excluding hydrogens is 128 g/mol. The maximum atomic E-state index is 9.23. The lowest BCUT2D eigenvalue weighted by Crippen LogP contribution is -2.15. The van der Waals surface area contributed by atoms with Crippen molar-refractivity contribution in [1.82, 2.24) is 0 Å². The average molecular weight is 138 g/mol. The van der Waals surface area contributed by atoms with Crippen LogP contribution in [0.3, 0.4) is 0 Å². The van der Waals surface area contributed by atoms with Gasteiger partial charge in [-0.15, -0.1) is 0 Å². The van der Waals surface area contributed by atoms with Crippen molar-refractivity contribution in [2.75, 3.05) is 6.61 Å². The van der Waals surface area contributed by atoms with Crippen LogP contribution in [-0.4, -0.2) is 18.0 Å². The molecule has 0 spiro atoms. The van der Waals surface area contributed by atoms with Gasteiger partial charge in [0.05, 0.1) is 6.61 Å². The largest absolute Gasteiger partial charge is 0.367 e. The van der Waals surface area contributed by atoms with Gasteiger partial charge in [-0.3, -0.25) is 0 Å². The van der Waals surface area contributed by atoms with E-state index in [0.717, 1.165) is 6.42 Å². The number of rotatable bonds is 0. The van der Waals surface area contributed by atoms with Crippen LogP contribution >= 0.6 is 0 Å². The van der Waals surface area contributed by atoms with E-state index >= 15 is 0 Å². The molecule has 0 aromatic rings. The van der Waals surface area contributed by atoms with Gasteiger partial charge in [0, 0.05) is 5.92 Å². The molecule has 2 nitrogen and oxygen atoms in total. The quantitative estimate of drug-likeness (QED) is 0.537. The second-order valence-electron chi connectivity index (χ2n) is 2.71. The number of hydrogen-bond donors (Lipinski definition) is 1. The number of aliphatic hydroxyl groups excluding tert-OH is 1. The topological polar surface area (TPSA) is 29.5 Å². The molecule has 2 atom stereocenters. The van der Waals surface area contributed by atoms with Crippen molar-refractivity contribution in [3.05, 3.63) is 23.8 Å². The zero-order valence-corrected chi connectivity index (χ0v) is 5.66. The van der Waals surface area contributed by atoms with Crippen molar-refractivity contribution in [3.8, 4) is 0 Å². The summed E-state index contributed by atoms with van der Waals surface area (Å²) in [4.78, 5) is 0. The molecule has 0 amide bonds. The molecule has 1 aliphatic carbocycles. The fourth-order valence-electron chi connectivity index (χ4n) is 1.44. The molecule has 0 aromatic heterocycles. The molecule has 1 fully saturated rings. The Labute approximate surface area is 59.8 Å². The van der Waals surface area contributed by atoms with E-state index in [1.165, 1.54) is 5.57 Å². The molecule has 1 N–H and O–H groups in total. The Morgan fingerprint density at radius 2 is 2.50 bits per heavy atom. The molecule has 2 aliphatic rings. The normalized spacial score (nSPS) is 37.5. The molecule has 2 rings (SSSR count). The lowest BCUT2D eigenvalue weighted by molar-refractivity contribution is -0.0813. The molecule has 0 radical (unpaired) electrons. The van der Waals surface area contributed by atoms with Crippen molar-refractivity contribution in [3.63, 3.8) is 0 Å². The van der Waals surface area contributed by atoms with E-state index in [2.05, 4.69) is 6.08 Å². The van der Waals surface area contributed by atoms with Crippen LogP contribution in [0.25, 0.3) is 0 Å². The summed E-state index contributed by atoms with van der Waals surface area (Å²) in [7, 11) is 0. The Morgan fingerprint density at radius 1 is 1.60 bits per heavy atom. The van der Waals surface area contributed by atoms with Crippen molar-refractivity contribution in [2.24, 2.45) is 5.92 Å². The number of aliphatic hydroxyl groups is 1. The van der Waals surface area contributed by atoms with E-state index in [4.69, 9.17) is 4.74 Å². The maximum Gasteiger partial charge on any atom is 0.161 e. The van der Waals surface area contributed by atoms with Gasteiger partial charge in [-0.2, -0.15) is 0 Å². The van der Waals surface area contributed by atoms with Crippen molar-refractivity contribution < 1.29 is 9.84 Å². The van der Waals surface area contributed by atoms with Gasteiger partial charge in [0.25, 0.3) is 0 Å². The van der Waals surface area contributed by atoms with Gasteiger partial charge < -0.3 is 9.84 Å². The Morgan fingerprint density at radius 3 is 3.30 bits per heavy atom. The van der Waals surface area contributed by atoms with Crippen LogP contribution in [0.2, 0.25) is 0 Å². The van der Waals surface area contributed by atoms with Gasteiger partial charge in [0.2, 0.25) is 0 Å². The SMILES string of the molecule is OC1OCC2=CC=CCC21. The lowest BCUT2D eigenvalue weighted by atomic mass is 9.94. The summed E-state index contributed by atoms with van der Waals surface area (Å²) in [6.07, 6.45) is 6.48. The van der Waals surface area contributed by atoms with Crippen LogP contribution in [-0.2, 0) is 4.74 Å². The summed E-state index contributed by atoms with van der Waals surface area (Å²) in [5.74, 6) is 0.241. The summed E-state index contributed by atoms with van der Waals surface area (Å²) in [5, 5.41) is 9.23. The van der Waals surface area contributed by atoms with Crippen molar-refractivity contribution in [2.45, 2.75) is 12.7 Å². The highest BCUT2D eigenvalue weighted by Crippen LogP contribution is 2.30. The summed E-state index contributed by atoms with van der Waals surface area (Å²) < 4.78 is 5.05. The van der Waals surface area contributed by atoms with Crippen molar-refractivity contribution >= 4 is 0 Å². The van der Waals surface area contributed by atoms with Crippen LogP contribution in [0.15, 0.2) is 23.8 Å². The highest BCUT2D eigenvalue weighted by molar-refractivity contribution is 5.23. The minimum atomic E-state index is -0.559. The second kappa shape index (κ2) is 2.22. The molecule has 10 heavy (non-hydrogen) atoms. The first kappa shape index (κ1) is 6.13. The van der Waals surface area contributed by atoms with E-state index in [1.54, 1.807) is 0 Å². The molecule has 54 valence electrons. The predicted octanol–water partition coefficient (Wildman–Crippen LogP) is 0.838. The van der Waals surface area contributed by atoms with Crippen LogP contribution < -0.4 is 0 Å². The van der Waals surface area contributed by atoms with Gasteiger partial charge in [-0.25, -0.2) is 0 Å². The average Bonchev–Trinajstić information content (AvgIpc) is 2.34. The van der Waals surface area contributed by atoms with Crippen LogP contribution in [0, 0.1) is 5.92 Å². The Kier molecular flexibility index (Phi) is 1.36. The molecule has 0 saturated carbocycles. The van der Waals surface area contributed by atoms with Crippen LogP contribution in [0.4, 0.5) is 0 Å². The highest BCUT2D eigenvalue weighted by Gasteiger charge is 2.30. The minimum Gasteiger partial charge on any atom is -0.367 e. The third kappa shape index (κ3) is 0.805. The third-order valence-corrected chi connectivity index (χ3v) is 2.08. The van der Waals surface area contributed by atoms with Crippen molar-refractivity contribution in [1.29, 1.82) is 0 Å². The van der Waals surface area contributed by atoms with E-state index in [9.17, 15) is 5.11 Å². The standard InChI is InChI=1S/C8H10O2/c9-8-7-4-2-1-3-6(7)5-10-8/h1-3,7-9H,4-5H2. The molecule has 2 heteroatoms. The van der Waals surface area contributed by atoms with E-state index in [-0.39, 0.29) is 5.92 Å². The molecule has 1 saturated heterocycles. The van der Waals surface area contributed by atoms with Gasteiger partial charge in [0.1, 0.15) is 0 Å². The van der Waals surface area contributed by atoms with Gasteiger partial charge in [0.15, 0.2) is 6.29 Å². The highest BCUT2D eigenvalue weighted by atomic mass is 16.6. The summed E-state index contributed by atoms with van der Waals surface area (Å²) in [5.41, 5.74) is 1.23. The summed E-state index contributed by atoms with van der Waals surface area (Å²) in [6.45, 7) is 0.607. The fraction of sp³-hybridized carbons (Fsp3) is 0.500. The fourth-order valence-corrected chi connectivity index (χ4v) is 1.44. The smallest absolute Gasteiger partial charge is 0.161 e. The first-order valence-corrected chi connectivity index (χ1v) is 3.53. The van der Waals surface area contributed by atoms with E-state index in [0.29, 0.717) is 6.61 Å². The lowest BCUT2D eigenvalue weighted by Gasteiger charge is -2.13. The van der Waals surface area contributed by atoms with Crippen LogP contribution in [0.1, 0.15) is 6.42 Å². The molecular formula is C8H10O2. The maximum absolute atomic E-state index is 9.23. The Hall–Kier alpha value is -0.600. The number of ether oxygens (including phenoxy) is 1. The molecule has 2 unspecified atom stereocenters. The Balaban J connectivity index is 2.23. The van der Waals surface area contributed by atoms with Gasteiger partial charge >= 0.3 is 0 Å². The van der Waals surface area contributed by atoms with Gasteiger partial charge in [-0.05, 0) is 12.0 Å². The first-order valence-electron chi connectivity index (χ1n) is 3.53. The zero-order chi connectivity index (χ0) is 6.97. The van der Waals surface area contributed by atoms with E-state index < -0.39 is 6.29 Å². The van der Waals surface area contributed by atoms with Gasteiger partial charge in [-0.1, -0.05) is 18.2 Å². The second-order valence-corrected chi connectivity index (χ2v) is 2.71. The predicted molar refractivity (Wildman–Crippen MR) is 37.3 cm³/mol. The number of fused-ring (bicyclic) bond motifs is 1. The summed E-state index contributed by atoms with van der Waals surface area (Å²) >= 11 is 0. The van der Waals surface area contributed by atoms with Crippen LogP contribution in [0.5, 0.6) is 0 Å².